The number of aliphatic hydroxyl groups is 3. The van der Waals surface area contributed by atoms with Crippen molar-refractivity contribution in [1.29, 1.82) is 0 Å². The van der Waals surface area contributed by atoms with Crippen molar-refractivity contribution in [2.24, 2.45) is 29.6 Å². The molecule has 25 nitrogen and oxygen atoms in total. The molecule has 25 heteroatoms. The molecule has 0 bridgehead atoms. The number of carboxylic acids is 1. The van der Waals surface area contributed by atoms with Gasteiger partial charge in [-0.1, -0.05) is 134 Å². The maximum absolute atomic E-state index is 14.8. The van der Waals surface area contributed by atoms with Gasteiger partial charge in [-0.3, -0.25) is 47.9 Å². The summed E-state index contributed by atoms with van der Waals surface area (Å²) in [7, 11) is 0. The van der Waals surface area contributed by atoms with E-state index in [0.717, 1.165) is 38.5 Å². The number of hydrogen-bond acceptors (Lipinski definition) is 15. The van der Waals surface area contributed by atoms with Crippen LogP contribution in [-0.2, 0) is 57.5 Å². The molecule has 9 amide bonds. The first kappa shape index (κ1) is 74.1. The summed E-state index contributed by atoms with van der Waals surface area (Å²) in [6, 6.07) is -14.1. The van der Waals surface area contributed by atoms with Crippen molar-refractivity contribution < 1.29 is 77.9 Å². The summed E-state index contributed by atoms with van der Waals surface area (Å²) in [6.45, 7) is 18.5. The van der Waals surface area contributed by atoms with Crippen molar-refractivity contribution in [3.05, 3.63) is 0 Å². The molecule has 470 valence electrons. The largest absolute Gasteiger partial charge is 0.481 e. The zero-order valence-electron chi connectivity index (χ0n) is 50.7. The molecule has 13 N–H and O–H groups in total. The van der Waals surface area contributed by atoms with Crippen LogP contribution in [0.15, 0.2) is 0 Å². The summed E-state index contributed by atoms with van der Waals surface area (Å²) < 4.78 is 5.85. The Morgan fingerprint density at radius 1 is 0.549 bits per heavy atom. The van der Waals surface area contributed by atoms with Crippen LogP contribution in [0, 0.1) is 29.6 Å². The van der Waals surface area contributed by atoms with Gasteiger partial charge in [-0.2, -0.15) is 0 Å². The number of carboxylic acid groups (broad SMARTS) is 1. The van der Waals surface area contributed by atoms with Gasteiger partial charge in [0.15, 0.2) is 0 Å². The Morgan fingerprint density at radius 2 is 1.01 bits per heavy atom. The number of unbranched alkanes of at least 4 members (excludes halogenated alkanes) is 6. The summed E-state index contributed by atoms with van der Waals surface area (Å²) >= 11 is 0. The van der Waals surface area contributed by atoms with Crippen LogP contribution in [0.4, 0.5) is 0 Å². The Labute approximate surface area is 484 Å². The molecule has 1 fully saturated rings. The number of esters is 1. The summed E-state index contributed by atoms with van der Waals surface area (Å²) in [5.41, 5.74) is 0. The molecule has 1 aliphatic rings. The molecule has 0 aliphatic carbocycles. The minimum Gasteiger partial charge on any atom is -0.481 e. The second-order valence-corrected chi connectivity index (χ2v) is 23.3. The highest BCUT2D eigenvalue weighted by atomic mass is 16.5. The molecule has 0 spiro atoms. The van der Waals surface area contributed by atoms with Gasteiger partial charge in [0.25, 0.3) is 0 Å². The number of aliphatic carboxylic acids is 1. The van der Waals surface area contributed by atoms with Crippen molar-refractivity contribution in [3.63, 3.8) is 0 Å². The van der Waals surface area contributed by atoms with Crippen molar-refractivity contribution in [2.45, 2.75) is 252 Å². The van der Waals surface area contributed by atoms with Crippen LogP contribution in [0.25, 0.3) is 0 Å². The van der Waals surface area contributed by atoms with Gasteiger partial charge < -0.3 is 73.0 Å². The standard InChI is InChI=1S/C57H101N9O16/c1-13-16-17-18-19-20-21-22-37(69)28-44(70)58-39(25-31(4)5)50(74)59-38(23-24-45(71)72)49(73)66-48-36(12)82-57(81)47(35(11)15-3)65-54(78)43(30-68)63-51(75)40(26-32(6)7)60-53(77)42(29-67)62-52(76)41(27-33(8)9)61-55(79)46(34(10)14-2)64-56(48)80/h31-43,46-48,67-69H,13-30H2,1-12H3,(H,58,70)(H,59,74)(H,60,77)(H,61,79)(H,62,76)(H,63,75)(H,64,80)(H,65,78)(H,66,73)(H,71,72)/t34-,35+,36-,37-,38-,39+,40+,41-,42-,43-,46?,47?,48?/m1/s1. The molecule has 0 aromatic carbocycles. The lowest BCUT2D eigenvalue weighted by Crippen LogP contribution is -2.64. The van der Waals surface area contributed by atoms with Gasteiger partial charge in [-0.05, 0) is 68.6 Å². The molecular weight excluding hydrogens is 1070 g/mol. The van der Waals surface area contributed by atoms with Gasteiger partial charge in [-0.15, -0.1) is 0 Å². The minimum atomic E-state index is -1.95. The number of ether oxygens (including phenoxy) is 1. The fraction of sp³-hybridized carbons (Fsp3) is 0.807. The number of hydrogen-bond donors (Lipinski definition) is 13. The number of amides is 9. The van der Waals surface area contributed by atoms with Gasteiger partial charge in [0.05, 0.1) is 25.7 Å². The SMILES string of the molecule is CCCCCCCCC[C@@H](O)CC(=O)N[C@@H](CC(C)C)C(=O)N[C@H](CCC(=O)O)C(=O)NC1C(=O)NC([C@H](C)CC)C(=O)N[C@H](CC(C)C)C(=O)N[C@H](CO)C(=O)N[C@@H](CC(C)C)C(=O)N[C@H](CO)C(=O)NC([C@@H](C)CC)C(=O)O[C@@H]1C. The Kier molecular flexibility index (Phi) is 35.0. The first-order valence-electron chi connectivity index (χ1n) is 29.6. The number of aliphatic hydroxyl groups excluding tert-OH is 3. The minimum absolute atomic E-state index is 0.00953. The molecule has 3 unspecified atom stereocenters. The smallest absolute Gasteiger partial charge is 0.329 e. The summed E-state index contributed by atoms with van der Waals surface area (Å²) in [6.07, 6.45) is 3.74. The van der Waals surface area contributed by atoms with Crippen LogP contribution in [0.2, 0.25) is 0 Å². The molecule has 0 saturated carbocycles. The second-order valence-electron chi connectivity index (χ2n) is 23.3. The third-order valence-corrected chi connectivity index (χ3v) is 14.4. The van der Waals surface area contributed by atoms with E-state index in [1.54, 1.807) is 69.2 Å². The predicted molar refractivity (Wildman–Crippen MR) is 304 cm³/mol. The average molecular weight is 1170 g/mol. The molecule has 0 radical (unpaired) electrons. The number of carbonyl (C=O) groups is 11. The van der Waals surface area contributed by atoms with E-state index in [2.05, 4.69) is 54.8 Å². The van der Waals surface area contributed by atoms with Gasteiger partial charge in [-0.25, -0.2) is 4.79 Å². The Balaban J connectivity index is 3.98. The first-order chi connectivity index (χ1) is 38.5. The van der Waals surface area contributed by atoms with Gasteiger partial charge in [0, 0.05) is 6.42 Å². The highest BCUT2D eigenvalue weighted by Gasteiger charge is 2.41. The topological polar surface area (TPSA) is 386 Å². The molecule has 1 aliphatic heterocycles. The zero-order valence-corrected chi connectivity index (χ0v) is 50.7. The molecule has 1 rings (SSSR count). The lowest BCUT2D eigenvalue weighted by molar-refractivity contribution is -0.158. The summed E-state index contributed by atoms with van der Waals surface area (Å²) in [5, 5.41) is 63.9. The highest BCUT2D eigenvalue weighted by molar-refractivity contribution is 5.99. The molecule has 1 heterocycles. The molecular formula is C57H101N9O16. The fourth-order valence-corrected chi connectivity index (χ4v) is 9.13. The van der Waals surface area contributed by atoms with E-state index in [-0.39, 0.29) is 56.3 Å². The van der Waals surface area contributed by atoms with E-state index in [0.29, 0.717) is 12.8 Å². The Morgan fingerprint density at radius 3 is 1.50 bits per heavy atom. The lowest BCUT2D eigenvalue weighted by atomic mass is 9.96. The summed E-state index contributed by atoms with van der Waals surface area (Å²) in [4.78, 5) is 153. The monoisotopic (exact) mass is 1170 g/mol. The van der Waals surface area contributed by atoms with Gasteiger partial charge in [0.2, 0.25) is 53.2 Å². The van der Waals surface area contributed by atoms with Crippen molar-refractivity contribution in [1.82, 2.24) is 47.9 Å². The van der Waals surface area contributed by atoms with Crippen LogP contribution < -0.4 is 47.9 Å². The third kappa shape index (κ3) is 27.4. The summed E-state index contributed by atoms with van der Waals surface area (Å²) in [5.74, 6) is -13.3. The van der Waals surface area contributed by atoms with E-state index in [1.165, 1.54) is 6.92 Å². The van der Waals surface area contributed by atoms with Crippen LogP contribution in [-0.4, -0.2) is 165 Å². The lowest BCUT2D eigenvalue weighted by Gasteiger charge is -2.32. The number of cyclic esters (lactones) is 1. The molecule has 82 heavy (non-hydrogen) atoms. The maximum atomic E-state index is 14.8. The van der Waals surface area contributed by atoms with Crippen LogP contribution in [0.5, 0.6) is 0 Å². The number of carbonyl (C=O) groups excluding carboxylic acids is 10. The van der Waals surface area contributed by atoms with E-state index in [1.807, 2.05) is 0 Å². The fourth-order valence-electron chi connectivity index (χ4n) is 9.13. The first-order valence-corrected chi connectivity index (χ1v) is 29.6. The van der Waals surface area contributed by atoms with Crippen LogP contribution in [0.1, 0.15) is 186 Å². The quantitative estimate of drug-likeness (QED) is 0.0356. The molecule has 0 aromatic heterocycles. The van der Waals surface area contributed by atoms with Crippen molar-refractivity contribution in [3.8, 4) is 0 Å². The predicted octanol–water partition coefficient (Wildman–Crippen LogP) is 1.27. The Bertz CT molecular complexity index is 2080. The van der Waals surface area contributed by atoms with E-state index in [4.69, 9.17) is 4.74 Å². The van der Waals surface area contributed by atoms with E-state index >= 15 is 0 Å². The van der Waals surface area contributed by atoms with Crippen molar-refractivity contribution in [2.75, 3.05) is 13.2 Å². The second kappa shape index (κ2) is 38.8. The highest BCUT2D eigenvalue weighted by Crippen LogP contribution is 2.18. The van der Waals surface area contributed by atoms with E-state index < -0.39 is 170 Å². The van der Waals surface area contributed by atoms with Crippen LogP contribution in [0.3, 0.4) is 0 Å². The van der Waals surface area contributed by atoms with E-state index in [9.17, 15) is 73.2 Å². The number of nitrogens with one attached hydrogen (secondary N) is 9. The maximum Gasteiger partial charge on any atom is 0.329 e. The molecule has 1 saturated heterocycles. The zero-order chi connectivity index (χ0) is 62.4. The Hall–Kier alpha value is -5.95. The molecule has 13 atom stereocenters. The van der Waals surface area contributed by atoms with Gasteiger partial charge in [0.1, 0.15) is 60.5 Å². The third-order valence-electron chi connectivity index (χ3n) is 14.4. The number of rotatable bonds is 30. The van der Waals surface area contributed by atoms with Gasteiger partial charge >= 0.3 is 11.9 Å². The molecule has 0 aromatic rings. The van der Waals surface area contributed by atoms with Crippen LogP contribution >= 0.6 is 0 Å². The van der Waals surface area contributed by atoms with Crippen molar-refractivity contribution >= 4 is 65.1 Å². The normalized spacial score (nSPS) is 23.9. The average Bonchev–Trinajstić information content (AvgIpc) is 3.58.